The molecule has 1 aromatic carbocycles. The van der Waals surface area contributed by atoms with Gasteiger partial charge in [-0.15, -0.1) is 0 Å². The Morgan fingerprint density at radius 1 is 1.21 bits per heavy atom. The van der Waals surface area contributed by atoms with Crippen LogP contribution in [0.15, 0.2) is 24.3 Å². The highest BCUT2D eigenvalue weighted by atomic mass is 15.2. The molecular formula is C17H30N2. The van der Waals surface area contributed by atoms with Gasteiger partial charge in [0.25, 0.3) is 0 Å². The monoisotopic (exact) mass is 262 g/mol. The Bertz CT molecular complexity index is 375. The molecule has 2 heteroatoms. The molecule has 3 unspecified atom stereocenters. The summed E-state index contributed by atoms with van der Waals surface area (Å²) in [5.74, 6) is 0. The van der Waals surface area contributed by atoms with Crippen LogP contribution in [0.5, 0.6) is 0 Å². The van der Waals surface area contributed by atoms with E-state index in [9.17, 15) is 0 Å². The van der Waals surface area contributed by atoms with Crippen LogP contribution in [-0.2, 0) is 0 Å². The first-order valence-electron chi connectivity index (χ1n) is 7.55. The zero-order valence-corrected chi connectivity index (χ0v) is 13.2. The van der Waals surface area contributed by atoms with Crippen molar-refractivity contribution in [1.82, 2.24) is 4.90 Å². The second-order valence-electron chi connectivity index (χ2n) is 5.68. The molecule has 0 aliphatic rings. The van der Waals surface area contributed by atoms with Crippen LogP contribution in [0, 0.1) is 6.92 Å². The number of nitrogens with two attached hydrogens (primary N) is 1. The highest BCUT2D eigenvalue weighted by molar-refractivity contribution is 5.30. The van der Waals surface area contributed by atoms with Gasteiger partial charge in [0.2, 0.25) is 0 Å². The van der Waals surface area contributed by atoms with Crippen LogP contribution in [0.2, 0.25) is 0 Å². The van der Waals surface area contributed by atoms with E-state index in [1.54, 1.807) is 0 Å². The first-order valence-corrected chi connectivity index (χ1v) is 7.55. The molecule has 1 aromatic rings. The van der Waals surface area contributed by atoms with Crippen LogP contribution in [0.4, 0.5) is 0 Å². The first kappa shape index (κ1) is 16.2. The topological polar surface area (TPSA) is 29.3 Å². The van der Waals surface area contributed by atoms with Crippen molar-refractivity contribution in [3.63, 3.8) is 0 Å². The van der Waals surface area contributed by atoms with Crippen molar-refractivity contribution in [3.05, 3.63) is 35.4 Å². The normalized spacial score (nSPS) is 16.4. The number of rotatable bonds is 7. The van der Waals surface area contributed by atoms with Crippen LogP contribution >= 0.6 is 0 Å². The van der Waals surface area contributed by atoms with Gasteiger partial charge < -0.3 is 5.73 Å². The smallest absolute Gasteiger partial charge is 0.0501 e. The molecule has 0 amide bonds. The van der Waals surface area contributed by atoms with Crippen molar-refractivity contribution in [1.29, 1.82) is 0 Å². The van der Waals surface area contributed by atoms with E-state index in [1.807, 2.05) is 0 Å². The number of likely N-dealkylation sites (N-methyl/N-ethyl adjacent to an activating group) is 1. The summed E-state index contributed by atoms with van der Waals surface area (Å²) in [5, 5.41) is 0. The van der Waals surface area contributed by atoms with E-state index in [-0.39, 0.29) is 6.04 Å². The number of nitrogens with zero attached hydrogens (tertiary/aromatic N) is 1. The summed E-state index contributed by atoms with van der Waals surface area (Å²) in [4.78, 5) is 2.46. The minimum absolute atomic E-state index is 0.186. The maximum Gasteiger partial charge on any atom is 0.0501 e. The standard InChI is InChI=1S/C17H30N2/c1-6-10-14(4)19(5)17(16(18)7-2)15-12-9-8-11-13(15)3/h8-9,11-12,14,16-17H,6-7,10,18H2,1-5H3. The molecule has 0 fully saturated rings. The molecule has 2 nitrogen and oxygen atoms in total. The van der Waals surface area contributed by atoms with Gasteiger partial charge in [-0.05, 0) is 44.9 Å². The Balaban J connectivity index is 3.05. The van der Waals surface area contributed by atoms with Crippen molar-refractivity contribution < 1.29 is 0 Å². The highest BCUT2D eigenvalue weighted by Crippen LogP contribution is 2.29. The quantitative estimate of drug-likeness (QED) is 0.807. The summed E-state index contributed by atoms with van der Waals surface area (Å²) >= 11 is 0. The van der Waals surface area contributed by atoms with Gasteiger partial charge in [0.1, 0.15) is 0 Å². The van der Waals surface area contributed by atoms with Crippen molar-refractivity contribution in [3.8, 4) is 0 Å². The highest BCUT2D eigenvalue weighted by Gasteiger charge is 2.26. The Kier molecular flexibility index (Phi) is 6.53. The van der Waals surface area contributed by atoms with E-state index in [2.05, 4.69) is 63.9 Å². The fraction of sp³-hybridized carbons (Fsp3) is 0.647. The maximum atomic E-state index is 6.41. The van der Waals surface area contributed by atoms with E-state index in [4.69, 9.17) is 5.73 Å². The summed E-state index contributed by atoms with van der Waals surface area (Å²) in [7, 11) is 2.22. The summed E-state index contributed by atoms with van der Waals surface area (Å²) in [6, 6.07) is 9.69. The summed E-state index contributed by atoms with van der Waals surface area (Å²) in [5.41, 5.74) is 9.13. The third-order valence-electron chi connectivity index (χ3n) is 4.22. The number of benzene rings is 1. The van der Waals surface area contributed by atoms with Crippen molar-refractivity contribution >= 4 is 0 Å². The van der Waals surface area contributed by atoms with Gasteiger partial charge in [-0.3, -0.25) is 4.90 Å². The van der Waals surface area contributed by atoms with Crippen molar-refractivity contribution in [2.45, 2.75) is 65.1 Å². The minimum Gasteiger partial charge on any atom is -0.326 e. The van der Waals surface area contributed by atoms with Crippen molar-refractivity contribution in [2.75, 3.05) is 7.05 Å². The lowest BCUT2D eigenvalue weighted by molar-refractivity contribution is 0.150. The predicted molar refractivity (Wildman–Crippen MR) is 84.3 cm³/mol. The zero-order chi connectivity index (χ0) is 14.4. The molecule has 0 aliphatic heterocycles. The Labute approximate surface area is 119 Å². The lowest BCUT2D eigenvalue weighted by Crippen LogP contribution is -2.43. The molecule has 0 aromatic heterocycles. The molecule has 0 radical (unpaired) electrons. The van der Waals surface area contributed by atoms with Crippen LogP contribution in [0.3, 0.4) is 0 Å². The fourth-order valence-electron chi connectivity index (χ4n) is 2.79. The molecule has 0 saturated carbocycles. The summed E-state index contributed by atoms with van der Waals surface area (Å²) in [6.45, 7) is 8.90. The Morgan fingerprint density at radius 3 is 2.37 bits per heavy atom. The molecule has 2 N–H and O–H groups in total. The third-order valence-corrected chi connectivity index (χ3v) is 4.22. The summed E-state index contributed by atoms with van der Waals surface area (Å²) < 4.78 is 0. The first-order chi connectivity index (χ1) is 9.02. The van der Waals surface area contributed by atoms with Crippen LogP contribution in [-0.4, -0.2) is 24.0 Å². The molecule has 0 heterocycles. The average Bonchev–Trinajstić information content (AvgIpc) is 2.41. The van der Waals surface area contributed by atoms with Gasteiger partial charge >= 0.3 is 0 Å². The second-order valence-corrected chi connectivity index (χ2v) is 5.68. The number of hydrogen-bond acceptors (Lipinski definition) is 2. The van der Waals surface area contributed by atoms with E-state index in [0.29, 0.717) is 12.1 Å². The van der Waals surface area contributed by atoms with E-state index in [0.717, 1.165) is 6.42 Å². The second kappa shape index (κ2) is 7.66. The van der Waals surface area contributed by atoms with Crippen molar-refractivity contribution in [2.24, 2.45) is 5.73 Å². The maximum absolute atomic E-state index is 6.41. The number of hydrogen-bond donors (Lipinski definition) is 1. The minimum atomic E-state index is 0.186. The van der Waals surface area contributed by atoms with Gasteiger partial charge in [-0.2, -0.15) is 0 Å². The van der Waals surface area contributed by atoms with Crippen LogP contribution in [0.25, 0.3) is 0 Å². The van der Waals surface area contributed by atoms with Gasteiger partial charge in [0.15, 0.2) is 0 Å². The lowest BCUT2D eigenvalue weighted by atomic mass is 9.92. The van der Waals surface area contributed by atoms with E-state index < -0.39 is 0 Å². The van der Waals surface area contributed by atoms with Gasteiger partial charge in [-0.25, -0.2) is 0 Å². The van der Waals surface area contributed by atoms with E-state index >= 15 is 0 Å². The molecule has 3 atom stereocenters. The molecule has 19 heavy (non-hydrogen) atoms. The molecule has 1 rings (SSSR count). The van der Waals surface area contributed by atoms with Crippen LogP contribution < -0.4 is 5.73 Å². The SMILES string of the molecule is CCCC(C)N(C)C(c1ccccc1C)C(N)CC. The third kappa shape index (κ3) is 4.05. The van der Waals surface area contributed by atoms with Crippen LogP contribution in [0.1, 0.15) is 57.2 Å². The van der Waals surface area contributed by atoms with Gasteiger partial charge in [0, 0.05) is 12.1 Å². The molecule has 0 saturated heterocycles. The molecule has 0 aliphatic carbocycles. The fourth-order valence-corrected chi connectivity index (χ4v) is 2.79. The zero-order valence-electron chi connectivity index (χ0n) is 13.2. The number of aryl methyl sites for hydroxylation is 1. The molecule has 108 valence electrons. The van der Waals surface area contributed by atoms with Gasteiger partial charge in [0.05, 0.1) is 6.04 Å². The lowest BCUT2D eigenvalue weighted by Gasteiger charge is -2.37. The molecule has 0 bridgehead atoms. The van der Waals surface area contributed by atoms with Gasteiger partial charge in [-0.1, -0.05) is 44.5 Å². The van der Waals surface area contributed by atoms with E-state index in [1.165, 1.54) is 24.0 Å². The average molecular weight is 262 g/mol. The summed E-state index contributed by atoms with van der Waals surface area (Å²) in [6.07, 6.45) is 3.44. The Morgan fingerprint density at radius 2 is 1.84 bits per heavy atom. The largest absolute Gasteiger partial charge is 0.326 e. The Hall–Kier alpha value is -0.860. The molecular weight excluding hydrogens is 232 g/mol. The molecule has 0 spiro atoms. The predicted octanol–water partition coefficient (Wildman–Crippen LogP) is 3.89.